The summed E-state index contributed by atoms with van der Waals surface area (Å²) < 4.78 is 0. The van der Waals surface area contributed by atoms with Crippen LogP contribution in [0, 0.1) is 0 Å². The number of allylic oxidation sites excluding steroid dienone is 2. The van der Waals surface area contributed by atoms with Crippen LogP contribution in [0.4, 0.5) is 0 Å². The molecular formula is C28H31N7O2. The summed E-state index contributed by atoms with van der Waals surface area (Å²) in [6.45, 7) is 4.43. The molecule has 0 bridgehead atoms. The Hall–Kier alpha value is -4.36. The second-order valence-corrected chi connectivity index (χ2v) is 9.18. The number of nitrogens with zero attached hydrogens (tertiary/aromatic N) is 6. The number of aromatic nitrogens is 4. The number of H-pyrrole nitrogens is 1. The molecule has 2 aromatic carbocycles. The average Bonchev–Trinajstić information content (AvgIpc) is 3.45. The number of rotatable bonds is 9. The predicted molar refractivity (Wildman–Crippen MR) is 143 cm³/mol. The SMILES string of the molecule is CCCCC1=NC(C)=C(CC(=O)N(C)C)C(=C=O)N1Cc1ccc(-c2ccccc2-c2nn[nH]n2)cc1. The lowest BCUT2D eigenvalue weighted by molar-refractivity contribution is -0.127. The molecule has 0 unspecified atom stereocenters. The second-order valence-electron chi connectivity index (χ2n) is 9.18. The van der Waals surface area contributed by atoms with Crippen molar-refractivity contribution in [2.45, 2.75) is 46.1 Å². The summed E-state index contributed by atoms with van der Waals surface area (Å²) in [6.07, 6.45) is 2.81. The highest BCUT2D eigenvalue weighted by Gasteiger charge is 2.28. The Balaban J connectivity index is 1.63. The van der Waals surface area contributed by atoms with Crippen molar-refractivity contribution in [3.05, 3.63) is 71.1 Å². The Morgan fingerprint density at radius 2 is 1.81 bits per heavy atom. The molecule has 1 aliphatic heterocycles. The normalized spacial score (nSPS) is 13.5. The lowest BCUT2D eigenvalue weighted by atomic mass is 9.97. The minimum atomic E-state index is -0.0844. The predicted octanol–water partition coefficient (Wildman–Crippen LogP) is 4.41. The van der Waals surface area contributed by atoms with Gasteiger partial charge < -0.3 is 9.80 Å². The van der Waals surface area contributed by atoms with Gasteiger partial charge in [-0.3, -0.25) is 4.79 Å². The lowest BCUT2D eigenvalue weighted by Crippen LogP contribution is -2.35. The fraction of sp³-hybridized carbons (Fsp3) is 0.321. The maximum Gasteiger partial charge on any atom is 0.226 e. The number of amidine groups is 1. The highest BCUT2D eigenvalue weighted by atomic mass is 16.2. The average molecular weight is 498 g/mol. The van der Waals surface area contributed by atoms with Gasteiger partial charge in [-0.2, -0.15) is 5.21 Å². The zero-order valence-corrected chi connectivity index (χ0v) is 21.7. The largest absolute Gasteiger partial charge is 0.349 e. The van der Waals surface area contributed by atoms with Crippen molar-refractivity contribution < 1.29 is 9.59 Å². The van der Waals surface area contributed by atoms with E-state index in [4.69, 9.17) is 4.99 Å². The van der Waals surface area contributed by atoms with Crippen molar-refractivity contribution in [1.29, 1.82) is 0 Å². The van der Waals surface area contributed by atoms with Crippen molar-refractivity contribution in [3.8, 4) is 22.5 Å². The van der Waals surface area contributed by atoms with Gasteiger partial charge in [0.05, 0.1) is 6.42 Å². The molecule has 0 saturated carbocycles. The maximum atomic E-state index is 12.5. The zero-order chi connectivity index (χ0) is 26.4. The molecule has 3 aromatic rings. The van der Waals surface area contributed by atoms with Gasteiger partial charge in [-0.05, 0) is 35.2 Å². The molecule has 0 spiro atoms. The third-order valence-corrected chi connectivity index (χ3v) is 6.40. The summed E-state index contributed by atoms with van der Waals surface area (Å²) in [5, 5.41) is 14.4. The van der Waals surface area contributed by atoms with Gasteiger partial charge in [0.2, 0.25) is 11.7 Å². The van der Waals surface area contributed by atoms with Crippen molar-refractivity contribution >= 4 is 17.7 Å². The number of hydrogen-bond donors (Lipinski definition) is 1. The van der Waals surface area contributed by atoms with Crippen LogP contribution in [0.15, 0.2) is 70.5 Å². The summed E-state index contributed by atoms with van der Waals surface area (Å²) >= 11 is 0. The van der Waals surface area contributed by atoms with E-state index < -0.39 is 0 Å². The molecule has 4 rings (SSSR count). The number of tetrazole rings is 1. The molecule has 9 heteroatoms. The van der Waals surface area contributed by atoms with Crippen molar-refractivity contribution in [2.75, 3.05) is 14.1 Å². The van der Waals surface area contributed by atoms with Gasteiger partial charge >= 0.3 is 0 Å². The van der Waals surface area contributed by atoms with Crippen LogP contribution >= 0.6 is 0 Å². The van der Waals surface area contributed by atoms with E-state index in [2.05, 4.69) is 33.5 Å². The van der Waals surface area contributed by atoms with Gasteiger partial charge in [0, 0.05) is 43.9 Å². The molecule has 37 heavy (non-hydrogen) atoms. The van der Waals surface area contributed by atoms with Crippen molar-refractivity contribution in [1.82, 2.24) is 30.4 Å². The summed E-state index contributed by atoms with van der Waals surface area (Å²) in [6, 6.07) is 16.1. The first-order valence-corrected chi connectivity index (χ1v) is 12.4. The van der Waals surface area contributed by atoms with E-state index in [1.54, 1.807) is 14.1 Å². The van der Waals surface area contributed by atoms with Gasteiger partial charge in [0.1, 0.15) is 11.5 Å². The monoisotopic (exact) mass is 497 g/mol. The second kappa shape index (κ2) is 11.6. The highest BCUT2D eigenvalue weighted by molar-refractivity contribution is 5.91. The Kier molecular flexibility index (Phi) is 8.05. The van der Waals surface area contributed by atoms with Crippen LogP contribution in [-0.2, 0) is 16.1 Å². The lowest BCUT2D eigenvalue weighted by Gasteiger charge is -2.32. The molecule has 0 saturated heterocycles. The van der Waals surface area contributed by atoms with Crippen molar-refractivity contribution in [3.63, 3.8) is 0 Å². The summed E-state index contributed by atoms with van der Waals surface area (Å²) in [5.41, 5.74) is 5.62. The van der Waals surface area contributed by atoms with Crippen LogP contribution in [0.1, 0.15) is 45.1 Å². The van der Waals surface area contributed by atoms with E-state index in [1.807, 2.05) is 60.4 Å². The summed E-state index contributed by atoms with van der Waals surface area (Å²) in [4.78, 5) is 33.0. The van der Waals surface area contributed by atoms with Crippen LogP contribution in [0.2, 0.25) is 0 Å². The Morgan fingerprint density at radius 3 is 2.43 bits per heavy atom. The van der Waals surface area contributed by atoms with Gasteiger partial charge in [-0.25, -0.2) is 9.79 Å². The van der Waals surface area contributed by atoms with Crippen LogP contribution in [0.25, 0.3) is 22.5 Å². The van der Waals surface area contributed by atoms with Crippen molar-refractivity contribution in [2.24, 2.45) is 4.99 Å². The summed E-state index contributed by atoms with van der Waals surface area (Å²) in [7, 11) is 3.41. The number of amides is 1. The first-order chi connectivity index (χ1) is 17.9. The number of carbonyl (C=O) groups is 1. The summed E-state index contributed by atoms with van der Waals surface area (Å²) in [5.74, 6) is 3.40. The topological polar surface area (TPSA) is 107 Å². The van der Waals surface area contributed by atoms with Crippen LogP contribution in [-0.4, -0.2) is 62.2 Å². The zero-order valence-electron chi connectivity index (χ0n) is 21.7. The molecule has 0 aliphatic carbocycles. The number of nitrogens with one attached hydrogen (secondary N) is 1. The molecule has 0 radical (unpaired) electrons. The maximum absolute atomic E-state index is 12.5. The van der Waals surface area contributed by atoms with Gasteiger partial charge in [0.15, 0.2) is 5.94 Å². The van der Waals surface area contributed by atoms with E-state index in [1.165, 1.54) is 4.90 Å². The smallest absolute Gasteiger partial charge is 0.226 e. The molecule has 190 valence electrons. The van der Waals surface area contributed by atoms with Gasteiger partial charge in [0.25, 0.3) is 0 Å². The third kappa shape index (κ3) is 5.73. The molecular weight excluding hydrogens is 466 g/mol. The third-order valence-electron chi connectivity index (χ3n) is 6.40. The number of unbranched alkanes of at least 4 members (excludes halogenated alkanes) is 1. The fourth-order valence-corrected chi connectivity index (χ4v) is 4.30. The van der Waals surface area contributed by atoms with Crippen LogP contribution in [0.5, 0.6) is 0 Å². The first-order valence-electron chi connectivity index (χ1n) is 12.4. The van der Waals surface area contributed by atoms with E-state index in [0.717, 1.165) is 47.4 Å². The standard InChI is InChI=1S/C28H31N7O2/c1-5-6-11-26-29-19(2)24(16-27(37)34(3)4)25(18-36)35(26)17-20-12-14-21(15-13-20)22-9-7-8-10-23(22)28-30-32-33-31-28/h7-10,12-15H,5-6,11,16-17H2,1-4H3,(H,30,31,32,33). The van der Waals surface area contributed by atoms with E-state index in [0.29, 0.717) is 29.3 Å². The molecule has 9 nitrogen and oxygen atoms in total. The van der Waals surface area contributed by atoms with E-state index >= 15 is 0 Å². The number of carbonyl (C=O) groups excluding carboxylic acids is 2. The van der Waals surface area contributed by atoms with Gasteiger partial charge in [-0.1, -0.05) is 61.9 Å². The minimum absolute atomic E-state index is 0.0844. The number of aromatic amines is 1. The number of hydrogen-bond acceptors (Lipinski definition) is 7. The Labute approximate surface area is 216 Å². The molecule has 0 atom stereocenters. The molecule has 1 N–H and O–H groups in total. The Morgan fingerprint density at radius 1 is 1.08 bits per heavy atom. The molecule has 1 aromatic heterocycles. The van der Waals surface area contributed by atoms with E-state index in [9.17, 15) is 9.59 Å². The minimum Gasteiger partial charge on any atom is -0.349 e. The molecule has 0 fully saturated rings. The van der Waals surface area contributed by atoms with E-state index in [-0.39, 0.29) is 12.3 Å². The first kappa shape index (κ1) is 25.7. The quantitative estimate of drug-likeness (QED) is 0.439. The molecule has 1 amide bonds. The van der Waals surface area contributed by atoms with Gasteiger partial charge in [-0.15, -0.1) is 10.2 Å². The molecule has 1 aliphatic rings. The van der Waals surface area contributed by atoms with Crippen LogP contribution in [0.3, 0.4) is 0 Å². The van der Waals surface area contributed by atoms with Crippen LogP contribution < -0.4 is 0 Å². The number of benzene rings is 2. The highest BCUT2D eigenvalue weighted by Crippen LogP contribution is 2.32. The fourth-order valence-electron chi connectivity index (χ4n) is 4.30. The molecule has 2 heterocycles. The Bertz CT molecular complexity index is 1370. The number of aliphatic imine (C=N–C) groups is 1.